The fourth-order valence-electron chi connectivity index (χ4n) is 2.72. The first-order chi connectivity index (χ1) is 12.7. The molecule has 1 amide bonds. The predicted octanol–water partition coefficient (Wildman–Crippen LogP) is 4.15. The third kappa shape index (κ3) is 5.71. The molecule has 0 aromatic heterocycles. The van der Waals surface area contributed by atoms with Gasteiger partial charge in [-0.15, -0.1) is 0 Å². The number of amides is 1. The van der Waals surface area contributed by atoms with Crippen LogP contribution < -0.4 is 9.62 Å². The number of nitrogens with one attached hydrogen (secondary N) is 1. The molecule has 0 saturated carbocycles. The lowest BCUT2D eigenvalue weighted by molar-refractivity contribution is -0.120. The van der Waals surface area contributed by atoms with Crippen LogP contribution in [0.2, 0.25) is 5.02 Å². The monoisotopic (exact) mass is 408 g/mol. The summed E-state index contributed by atoms with van der Waals surface area (Å²) >= 11 is 5.93. The Morgan fingerprint density at radius 3 is 2.26 bits per heavy atom. The normalized spacial score (nSPS) is 12.4. The molecule has 1 atom stereocenters. The standard InChI is InChI=1S/C20H25ClN2O3S/c1-4-5-16(3)22-20(24)14-23(18-10-8-17(21)9-11-18)27(25,26)19-12-6-15(2)7-13-19/h6-13,16H,4-5,14H2,1-3H3,(H,22,24)/t16-/m1/s1. The van der Waals surface area contributed by atoms with Gasteiger partial charge in [-0.2, -0.15) is 0 Å². The molecule has 0 aliphatic carbocycles. The molecule has 0 aliphatic rings. The smallest absolute Gasteiger partial charge is 0.264 e. The molecule has 27 heavy (non-hydrogen) atoms. The molecule has 5 nitrogen and oxygen atoms in total. The van der Waals surface area contributed by atoms with Crippen molar-refractivity contribution in [1.82, 2.24) is 5.32 Å². The Morgan fingerprint density at radius 1 is 1.11 bits per heavy atom. The number of carbonyl (C=O) groups is 1. The van der Waals surface area contributed by atoms with Crippen molar-refractivity contribution in [2.75, 3.05) is 10.8 Å². The van der Waals surface area contributed by atoms with Crippen molar-refractivity contribution in [2.45, 2.75) is 44.6 Å². The van der Waals surface area contributed by atoms with E-state index in [9.17, 15) is 13.2 Å². The van der Waals surface area contributed by atoms with Crippen LogP contribution >= 0.6 is 11.6 Å². The van der Waals surface area contributed by atoms with Crippen LogP contribution in [0.1, 0.15) is 32.3 Å². The first-order valence-corrected chi connectivity index (χ1v) is 10.7. The molecule has 0 aliphatic heterocycles. The molecule has 0 heterocycles. The van der Waals surface area contributed by atoms with Gasteiger partial charge in [-0.3, -0.25) is 9.10 Å². The van der Waals surface area contributed by atoms with E-state index < -0.39 is 10.0 Å². The molecule has 2 rings (SSSR count). The minimum absolute atomic E-state index is 0.0170. The van der Waals surface area contributed by atoms with Gasteiger partial charge in [-0.05, 0) is 56.7 Å². The second kappa shape index (κ2) is 9.24. The summed E-state index contributed by atoms with van der Waals surface area (Å²) in [4.78, 5) is 12.6. The minimum Gasteiger partial charge on any atom is -0.352 e. The Labute approximate surface area is 166 Å². The fourth-order valence-corrected chi connectivity index (χ4v) is 4.26. The molecule has 7 heteroatoms. The molecule has 0 saturated heterocycles. The topological polar surface area (TPSA) is 66.5 Å². The number of nitrogens with zero attached hydrogens (tertiary/aromatic N) is 1. The summed E-state index contributed by atoms with van der Waals surface area (Å²) < 4.78 is 27.5. The van der Waals surface area contributed by atoms with Crippen LogP contribution in [0.3, 0.4) is 0 Å². The molecule has 0 unspecified atom stereocenters. The number of rotatable bonds is 8. The number of sulfonamides is 1. The van der Waals surface area contributed by atoms with Crippen LogP contribution in [0.5, 0.6) is 0 Å². The Hall–Kier alpha value is -2.05. The van der Waals surface area contributed by atoms with Crippen LogP contribution in [0.15, 0.2) is 53.4 Å². The Balaban J connectivity index is 2.36. The van der Waals surface area contributed by atoms with Crippen LogP contribution in [0.25, 0.3) is 0 Å². The second-order valence-corrected chi connectivity index (χ2v) is 8.86. The summed E-state index contributed by atoms with van der Waals surface area (Å²) in [6.45, 7) is 5.52. The maximum Gasteiger partial charge on any atom is 0.264 e. The SMILES string of the molecule is CCC[C@@H](C)NC(=O)CN(c1ccc(Cl)cc1)S(=O)(=O)c1ccc(C)cc1. The minimum atomic E-state index is -3.90. The maximum absolute atomic E-state index is 13.2. The third-order valence-corrected chi connectivity index (χ3v) is 6.18. The van der Waals surface area contributed by atoms with E-state index in [1.54, 1.807) is 48.5 Å². The number of anilines is 1. The van der Waals surface area contributed by atoms with Gasteiger partial charge in [0.2, 0.25) is 5.91 Å². The van der Waals surface area contributed by atoms with Crippen molar-refractivity contribution in [2.24, 2.45) is 0 Å². The van der Waals surface area contributed by atoms with E-state index in [1.165, 1.54) is 0 Å². The van der Waals surface area contributed by atoms with Gasteiger partial charge in [-0.25, -0.2) is 8.42 Å². The Kier molecular flexibility index (Phi) is 7.27. The third-order valence-electron chi connectivity index (χ3n) is 4.14. The number of hydrogen-bond donors (Lipinski definition) is 1. The highest BCUT2D eigenvalue weighted by molar-refractivity contribution is 7.92. The maximum atomic E-state index is 13.2. The molecule has 2 aromatic carbocycles. The fraction of sp³-hybridized carbons (Fsp3) is 0.350. The van der Waals surface area contributed by atoms with Crippen LogP contribution in [0, 0.1) is 6.92 Å². The van der Waals surface area contributed by atoms with E-state index in [0.717, 1.165) is 22.7 Å². The largest absolute Gasteiger partial charge is 0.352 e. The number of carbonyl (C=O) groups excluding carboxylic acids is 1. The lowest BCUT2D eigenvalue weighted by Gasteiger charge is -2.25. The quantitative estimate of drug-likeness (QED) is 0.713. The summed E-state index contributed by atoms with van der Waals surface area (Å²) in [5, 5.41) is 3.35. The van der Waals surface area contributed by atoms with Gasteiger partial charge in [0.1, 0.15) is 6.54 Å². The lowest BCUT2D eigenvalue weighted by atomic mass is 10.2. The van der Waals surface area contributed by atoms with E-state index in [4.69, 9.17) is 11.6 Å². The first kappa shape index (κ1) is 21.3. The second-order valence-electron chi connectivity index (χ2n) is 6.56. The van der Waals surface area contributed by atoms with E-state index in [2.05, 4.69) is 5.32 Å². The Bertz CT molecular complexity index is 865. The van der Waals surface area contributed by atoms with Crippen molar-refractivity contribution >= 4 is 33.2 Å². The molecular formula is C20H25ClN2O3S. The molecule has 2 aromatic rings. The Morgan fingerprint density at radius 2 is 1.70 bits per heavy atom. The molecular weight excluding hydrogens is 384 g/mol. The van der Waals surface area contributed by atoms with E-state index in [1.807, 2.05) is 20.8 Å². The van der Waals surface area contributed by atoms with Crippen LogP contribution in [-0.2, 0) is 14.8 Å². The molecule has 146 valence electrons. The predicted molar refractivity (Wildman–Crippen MR) is 110 cm³/mol. The zero-order valence-electron chi connectivity index (χ0n) is 15.8. The average molecular weight is 409 g/mol. The van der Waals surface area contributed by atoms with Gasteiger partial charge in [-0.1, -0.05) is 42.6 Å². The average Bonchev–Trinajstić information content (AvgIpc) is 2.61. The summed E-state index contributed by atoms with van der Waals surface area (Å²) in [6.07, 6.45) is 1.77. The van der Waals surface area contributed by atoms with Crippen molar-refractivity contribution in [3.05, 3.63) is 59.1 Å². The van der Waals surface area contributed by atoms with Gasteiger partial charge in [0.15, 0.2) is 0 Å². The zero-order valence-corrected chi connectivity index (χ0v) is 17.3. The summed E-state index contributed by atoms with van der Waals surface area (Å²) in [6, 6.07) is 12.9. The van der Waals surface area contributed by atoms with E-state index >= 15 is 0 Å². The van der Waals surface area contributed by atoms with E-state index in [-0.39, 0.29) is 23.4 Å². The summed E-state index contributed by atoms with van der Waals surface area (Å²) in [7, 11) is -3.90. The number of benzene rings is 2. The highest BCUT2D eigenvalue weighted by Gasteiger charge is 2.27. The van der Waals surface area contributed by atoms with Crippen LogP contribution in [0.4, 0.5) is 5.69 Å². The number of aryl methyl sites for hydroxylation is 1. The molecule has 0 fully saturated rings. The molecule has 1 N–H and O–H groups in total. The van der Waals surface area contributed by atoms with Crippen molar-refractivity contribution < 1.29 is 13.2 Å². The first-order valence-electron chi connectivity index (χ1n) is 8.88. The highest BCUT2D eigenvalue weighted by atomic mass is 35.5. The van der Waals surface area contributed by atoms with E-state index in [0.29, 0.717) is 10.7 Å². The lowest BCUT2D eigenvalue weighted by Crippen LogP contribution is -2.43. The van der Waals surface area contributed by atoms with Gasteiger partial charge in [0.05, 0.1) is 10.6 Å². The summed E-state index contributed by atoms with van der Waals surface area (Å²) in [5.74, 6) is -0.346. The zero-order chi connectivity index (χ0) is 20.0. The summed E-state index contributed by atoms with van der Waals surface area (Å²) in [5.41, 5.74) is 1.34. The van der Waals surface area contributed by atoms with Crippen LogP contribution in [-0.4, -0.2) is 26.9 Å². The highest BCUT2D eigenvalue weighted by Crippen LogP contribution is 2.25. The molecule has 0 radical (unpaired) electrons. The van der Waals surface area contributed by atoms with Crippen molar-refractivity contribution in [3.63, 3.8) is 0 Å². The van der Waals surface area contributed by atoms with Gasteiger partial charge in [0, 0.05) is 11.1 Å². The van der Waals surface area contributed by atoms with Crippen molar-refractivity contribution in [1.29, 1.82) is 0 Å². The number of hydrogen-bond acceptors (Lipinski definition) is 3. The van der Waals surface area contributed by atoms with Gasteiger partial charge in [0.25, 0.3) is 10.0 Å². The van der Waals surface area contributed by atoms with Gasteiger partial charge >= 0.3 is 0 Å². The van der Waals surface area contributed by atoms with Gasteiger partial charge < -0.3 is 5.32 Å². The van der Waals surface area contributed by atoms with Crippen molar-refractivity contribution in [3.8, 4) is 0 Å². The number of halogens is 1. The molecule has 0 bridgehead atoms. The molecule has 0 spiro atoms.